The number of benzene rings is 1. The van der Waals surface area contributed by atoms with E-state index in [0.29, 0.717) is 16.6 Å². The molecule has 8 bridgehead atoms. The fourth-order valence-corrected chi connectivity index (χ4v) is 3.95. The fraction of sp³-hybridized carbons (Fsp3) is 0. The van der Waals surface area contributed by atoms with Gasteiger partial charge in [-0.2, -0.15) is 0 Å². The standard InChI is InChI=1S/C26H16F2N4/c27-15-1-8-23(25(28)9-15)24-13-22-12-20-5-4-18(30-20)10-16-2-3-17(29-16)11-19-6-7-21(31-19)14-26(24)32-22/h1-14,29,32H. The summed E-state index contributed by atoms with van der Waals surface area (Å²) in [5.74, 6) is -1.23. The molecular weight excluding hydrogens is 406 g/mol. The molecule has 0 atom stereocenters. The van der Waals surface area contributed by atoms with Crippen molar-refractivity contribution in [3.63, 3.8) is 0 Å². The molecule has 1 aromatic carbocycles. The van der Waals surface area contributed by atoms with Gasteiger partial charge in [0.25, 0.3) is 0 Å². The van der Waals surface area contributed by atoms with Crippen LogP contribution in [-0.2, 0) is 0 Å². The molecule has 4 aromatic rings. The van der Waals surface area contributed by atoms with Crippen molar-refractivity contribution in [1.82, 2.24) is 19.9 Å². The zero-order valence-electron chi connectivity index (χ0n) is 16.7. The molecule has 0 fully saturated rings. The Balaban J connectivity index is 1.68. The van der Waals surface area contributed by atoms with Crippen LogP contribution in [0.1, 0.15) is 22.8 Å². The Bertz CT molecular complexity index is 1610. The first-order valence-electron chi connectivity index (χ1n) is 10.1. The van der Waals surface area contributed by atoms with E-state index in [2.05, 4.69) is 19.9 Å². The highest BCUT2D eigenvalue weighted by atomic mass is 19.1. The predicted octanol–water partition coefficient (Wildman–Crippen LogP) is 6.60. The van der Waals surface area contributed by atoms with Gasteiger partial charge >= 0.3 is 0 Å². The molecule has 5 heterocycles. The second-order valence-corrected chi connectivity index (χ2v) is 7.71. The molecule has 2 N–H and O–H groups in total. The maximum absolute atomic E-state index is 14.6. The number of nitrogens with zero attached hydrogens (tertiary/aromatic N) is 2. The molecular formula is C26H16F2N4. The van der Waals surface area contributed by atoms with Gasteiger partial charge in [0.2, 0.25) is 0 Å². The number of fused-ring (bicyclic) bond motifs is 8. The van der Waals surface area contributed by atoms with Crippen LogP contribution in [0.5, 0.6) is 0 Å². The summed E-state index contributed by atoms with van der Waals surface area (Å²) in [6.45, 7) is 0. The minimum atomic E-state index is -0.619. The highest BCUT2D eigenvalue weighted by Gasteiger charge is 2.11. The second-order valence-electron chi connectivity index (χ2n) is 7.71. The summed E-state index contributed by atoms with van der Waals surface area (Å²) in [6, 6.07) is 17.1. The van der Waals surface area contributed by atoms with E-state index >= 15 is 0 Å². The molecule has 4 nitrogen and oxygen atoms in total. The van der Waals surface area contributed by atoms with E-state index in [9.17, 15) is 8.78 Å². The Kier molecular flexibility index (Phi) is 4.11. The predicted molar refractivity (Wildman–Crippen MR) is 124 cm³/mol. The number of nitrogens with one attached hydrogen (secondary N) is 2. The van der Waals surface area contributed by atoms with E-state index < -0.39 is 11.6 Å². The lowest BCUT2D eigenvalue weighted by Gasteiger charge is -2.01. The molecule has 2 aliphatic heterocycles. The van der Waals surface area contributed by atoms with Gasteiger partial charge in [0.15, 0.2) is 0 Å². The van der Waals surface area contributed by atoms with Crippen molar-refractivity contribution >= 4 is 46.4 Å². The third-order valence-corrected chi connectivity index (χ3v) is 5.39. The van der Waals surface area contributed by atoms with Gasteiger partial charge in [-0.3, -0.25) is 0 Å². The number of hydrogen-bond acceptors (Lipinski definition) is 2. The van der Waals surface area contributed by atoms with Crippen molar-refractivity contribution in [3.8, 4) is 11.1 Å². The summed E-state index contributed by atoms with van der Waals surface area (Å²) in [4.78, 5) is 16.0. The van der Waals surface area contributed by atoms with Crippen molar-refractivity contribution in [3.05, 3.63) is 95.1 Å². The van der Waals surface area contributed by atoms with E-state index in [1.807, 2.05) is 66.8 Å². The molecule has 6 rings (SSSR count). The third kappa shape index (κ3) is 3.41. The van der Waals surface area contributed by atoms with Gasteiger partial charge in [-0.25, -0.2) is 18.7 Å². The molecule has 0 aliphatic carbocycles. The normalized spacial score (nSPS) is 12.4. The largest absolute Gasteiger partial charge is 0.355 e. The molecule has 0 radical (unpaired) electrons. The van der Waals surface area contributed by atoms with Crippen LogP contribution in [0.3, 0.4) is 0 Å². The number of rotatable bonds is 1. The molecule has 0 unspecified atom stereocenters. The van der Waals surface area contributed by atoms with Crippen molar-refractivity contribution in [2.24, 2.45) is 0 Å². The average molecular weight is 422 g/mol. The topological polar surface area (TPSA) is 57.4 Å². The van der Waals surface area contributed by atoms with E-state index in [1.54, 1.807) is 0 Å². The maximum atomic E-state index is 14.6. The zero-order chi connectivity index (χ0) is 21.7. The summed E-state index contributed by atoms with van der Waals surface area (Å²) >= 11 is 0. The van der Waals surface area contributed by atoms with E-state index in [1.165, 1.54) is 12.1 Å². The average Bonchev–Trinajstić information content (AvgIpc) is 3.53. The number of hydrogen-bond donors (Lipinski definition) is 2. The molecule has 6 heteroatoms. The van der Waals surface area contributed by atoms with E-state index in [-0.39, 0.29) is 0 Å². The van der Waals surface area contributed by atoms with Gasteiger partial charge in [0.1, 0.15) is 11.6 Å². The first-order chi connectivity index (χ1) is 15.6. The molecule has 0 saturated heterocycles. The Morgan fingerprint density at radius 1 is 0.531 bits per heavy atom. The van der Waals surface area contributed by atoms with Gasteiger partial charge in [0.05, 0.1) is 22.8 Å². The van der Waals surface area contributed by atoms with Crippen LogP contribution in [0.2, 0.25) is 0 Å². The van der Waals surface area contributed by atoms with Crippen LogP contribution in [0, 0.1) is 11.6 Å². The number of aromatic amines is 2. The summed E-state index contributed by atoms with van der Waals surface area (Å²) in [5, 5.41) is 0. The van der Waals surface area contributed by atoms with Crippen LogP contribution in [-0.4, -0.2) is 19.9 Å². The van der Waals surface area contributed by atoms with Crippen molar-refractivity contribution in [2.75, 3.05) is 0 Å². The smallest absolute Gasteiger partial charge is 0.134 e. The molecule has 32 heavy (non-hydrogen) atoms. The Morgan fingerprint density at radius 3 is 1.75 bits per heavy atom. The summed E-state index contributed by atoms with van der Waals surface area (Å²) in [6.07, 6.45) is 7.69. The third-order valence-electron chi connectivity index (χ3n) is 5.39. The minimum Gasteiger partial charge on any atom is -0.355 e. The van der Waals surface area contributed by atoms with Gasteiger partial charge in [-0.15, -0.1) is 0 Å². The molecule has 154 valence electrons. The van der Waals surface area contributed by atoms with E-state index in [0.717, 1.165) is 45.4 Å². The number of aromatic nitrogens is 4. The molecule has 3 aromatic heterocycles. The minimum absolute atomic E-state index is 0.313. The van der Waals surface area contributed by atoms with Crippen LogP contribution >= 0.6 is 0 Å². The summed E-state index contributed by atoms with van der Waals surface area (Å²) < 4.78 is 28.1. The monoisotopic (exact) mass is 422 g/mol. The van der Waals surface area contributed by atoms with Gasteiger partial charge in [0, 0.05) is 39.3 Å². The Morgan fingerprint density at radius 2 is 1.12 bits per heavy atom. The lowest BCUT2D eigenvalue weighted by molar-refractivity contribution is 0.585. The van der Waals surface area contributed by atoms with Crippen LogP contribution in [0.15, 0.2) is 60.7 Å². The van der Waals surface area contributed by atoms with Crippen LogP contribution in [0.25, 0.3) is 57.5 Å². The van der Waals surface area contributed by atoms with Crippen LogP contribution in [0.4, 0.5) is 8.78 Å². The van der Waals surface area contributed by atoms with Gasteiger partial charge in [-0.1, -0.05) is 0 Å². The summed E-state index contributed by atoms with van der Waals surface area (Å²) in [7, 11) is 0. The van der Waals surface area contributed by atoms with Crippen molar-refractivity contribution in [1.29, 1.82) is 0 Å². The zero-order valence-corrected chi connectivity index (χ0v) is 16.7. The number of H-pyrrole nitrogens is 2. The highest BCUT2D eigenvalue weighted by molar-refractivity contribution is 5.88. The second kappa shape index (κ2) is 7.13. The van der Waals surface area contributed by atoms with Crippen LogP contribution < -0.4 is 0 Å². The van der Waals surface area contributed by atoms with Crippen molar-refractivity contribution < 1.29 is 8.78 Å². The fourth-order valence-electron chi connectivity index (χ4n) is 3.95. The first-order valence-corrected chi connectivity index (χ1v) is 10.1. The molecule has 2 aliphatic rings. The summed E-state index contributed by atoms with van der Waals surface area (Å²) in [5.41, 5.74) is 7.39. The number of halogens is 2. The maximum Gasteiger partial charge on any atom is 0.134 e. The van der Waals surface area contributed by atoms with Crippen molar-refractivity contribution in [2.45, 2.75) is 0 Å². The van der Waals surface area contributed by atoms with Gasteiger partial charge in [-0.05, 0) is 78.9 Å². The highest BCUT2D eigenvalue weighted by Crippen LogP contribution is 2.30. The SMILES string of the molecule is Fc1ccc(-c2cc3cc4nc(cc5ccc(cc6nc(cc2[nH]3)C=C6)[nH]5)C=C4)c(F)c1. The lowest BCUT2D eigenvalue weighted by Crippen LogP contribution is -1.85. The molecule has 0 saturated carbocycles. The Hall–Kier alpha value is -4.32. The quantitative estimate of drug-likeness (QED) is 0.314. The van der Waals surface area contributed by atoms with Gasteiger partial charge < -0.3 is 9.97 Å². The van der Waals surface area contributed by atoms with E-state index in [4.69, 9.17) is 0 Å². The molecule has 0 spiro atoms. The first kappa shape index (κ1) is 18.4. The molecule has 0 amide bonds. The Labute approximate surface area is 181 Å². The lowest BCUT2D eigenvalue weighted by atomic mass is 10.1.